The van der Waals surface area contributed by atoms with Crippen molar-refractivity contribution in [3.63, 3.8) is 0 Å². The van der Waals surface area contributed by atoms with Gasteiger partial charge in [-0.2, -0.15) is 11.8 Å². The zero-order chi connectivity index (χ0) is 11.5. The molecule has 0 saturated carbocycles. The molecule has 1 saturated heterocycles. The molecule has 1 aromatic carbocycles. The summed E-state index contributed by atoms with van der Waals surface area (Å²) in [5.74, 6) is 2.14. The highest BCUT2D eigenvalue weighted by Gasteiger charge is 2.21. The van der Waals surface area contributed by atoms with Crippen LogP contribution in [0.25, 0.3) is 0 Å². The number of benzene rings is 1. The van der Waals surface area contributed by atoms with Gasteiger partial charge in [0.2, 0.25) is 0 Å². The van der Waals surface area contributed by atoms with Gasteiger partial charge in [0.25, 0.3) is 0 Å². The largest absolute Gasteiger partial charge is 0.497 e. The third kappa shape index (κ3) is 2.64. The lowest BCUT2D eigenvalue weighted by atomic mass is 10.1. The Hall–Kier alpha value is -0.830. The molecule has 16 heavy (non-hydrogen) atoms. The SMILES string of the molecule is COc1ccc(NC2CSC(C)C2)c(C)c1. The fraction of sp³-hybridized carbons (Fsp3) is 0.538. The van der Waals surface area contributed by atoms with Crippen LogP contribution >= 0.6 is 11.8 Å². The maximum Gasteiger partial charge on any atom is 0.119 e. The fourth-order valence-electron chi connectivity index (χ4n) is 2.06. The minimum Gasteiger partial charge on any atom is -0.497 e. The van der Waals surface area contributed by atoms with Crippen LogP contribution in [0.15, 0.2) is 18.2 Å². The van der Waals surface area contributed by atoms with E-state index in [0.29, 0.717) is 6.04 Å². The Bertz CT molecular complexity index is 367. The van der Waals surface area contributed by atoms with E-state index in [4.69, 9.17) is 4.74 Å². The quantitative estimate of drug-likeness (QED) is 0.871. The van der Waals surface area contributed by atoms with Gasteiger partial charge in [0, 0.05) is 22.7 Å². The van der Waals surface area contributed by atoms with E-state index < -0.39 is 0 Å². The normalized spacial score (nSPS) is 24.4. The molecule has 1 aromatic rings. The second-order valence-electron chi connectivity index (χ2n) is 4.40. The third-order valence-corrected chi connectivity index (χ3v) is 4.35. The van der Waals surface area contributed by atoms with Crippen molar-refractivity contribution in [1.29, 1.82) is 0 Å². The van der Waals surface area contributed by atoms with E-state index in [9.17, 15) is 0 Å². The van der Waals surface area contributed by atoms with Gasteiger partial charge in [0.05, 0.1) is 7.11 Å². The molecule has 1 fully saturated rings. The first-order valence-corrected chi connectivity index (χ1v) is 6.76. The number of nitrogens with one attached hydrogen (secondary N) is 1. The van der Waals surface area contributed by atoms with Crippen LogP contribution < -0.4 is 10.1 Å². The van der Waals surface area contributed by atoms with E-state index in [1.165, 1.54) is 23.4 Å². The molecule has 88 valence electrons. The first-order valence-electron chi connectivity index (χ1n) is 5.72. The van der Waals surface area contributed by atoms with E-state index in [1.807, 2.05) is 6.07 Å². The number of anilines is 1. The number of thioether (sulfide) groups is 1. The van der Waals surface area contributed by atoms with Gasteiger partial charge in [-0.05, 0) is 37.1 Å². The lowest BCUT2D eigenvalue weighted by Gasteiger charge is -2.16. The van der Waals surface area contributed by atoms with Crippen LogP contribution in [0.4, 0.5) is 5.69 Å². The summed E-state index contributed by atoms with van der Waals surface area (Å²) in [5.41, 5.74) is 2.49. The molecule has 1 aliphatic rings. The van der Waals surface area contributed by atoms with Crippen molar-refractivity contribution in [1.82, 2.24) is 0 Å². The molecular formula is C13H19NOS. The molecule has 2 nitrogen and oxygen atoms in total. The van der Waals surface area contributed by atoms with Crippen molar-refractivity contribution >= 4 is 17.4 Å². The first-order chi connectivity index (χ1) is 7.69. The Morgan fingerprint density at radius 3 is 2.81 bits per heavy atom. The molecular weight excluding hydrogens is 218 g/mol. The first kappa shape index (κ1) is 11.6. The molecule has 2 rings (SSSR count). The number of ether oxygens (including phenoxy) is 1. The topological polar surface area (TPSA) is 21.3 Å². The Labute approximate surface area is 102 Å². The molecule has 0 aromatic heterocycles. The van der Waals surface area contributed by atoms with Gasteiger partial charge in [-0.3, -0.25) is 0 Å². The summed E-state index contributed by atoms with van der Waals surface area (Å²) in [6, 6.07) is 6.82. The average Bonchev–Trinajstić information content (AvgIpc) is 2.67. The third-order valence-electron chi connectivity index (χ3n) is 2.99. The summed E-state index contributed by atoms with van der Waals surface area (Å²) < 4.78 is 5.21. The van der Waals surface area contributed by atoms with Crippen molar-refractivity contribution in [2.75, 3.05) is 18.2 Å². The highest BCUT2D eigenvalue weighted by atomic mass is 32.2. The smallest absolute Gasteiger partial charge is 0.119 e. The maximum absolute atomic E-state index is 5.21. The van der Waals surface area contributed by atoms with Crippen LogP contribution in [-0.2, 0) is 0 Å². The van der Waals surface area contributed by atoms with Crippen LogP contribution in [0.1, 0.15) is 18.9 Å². The molecule has 0 aliphatic carbocycles. The summed E-state index contributed by atoms with van der Waals surface area (Å²) in [6.45, 7) is 4.42. The second kappa shape index (κ2) is 5.00. The van der Waals surface area contributed by atoms with Gasteiger partial charge in [0.15, 0.2) is 0 Å². The van der Waals surface area contributed by atoms with Crippen LogP contribution in [0.5, 0.6) is 5.75 Å². The van der Waals surface area contributed by atoms with Gasteiger partial charge in [0.1, 0.15) is 5.75 Å². The minimum absolute atomic E-state index is 0.618. The molecule has 1 heterocycles. The fourth-order valence-corrected chi connectivity index (χ4v) is 3.21. The number of hydrogen-bond acceptors (Lipinski definition) is 3. The molecule has 1 aliphatic heterocycles. The maximum atomic E-state index is 5.21. The van der Waals surface area contributed by atoms with E-state index in [1.54, 1.807) is 7.11 Å². The van der Waals surface area contributed by atoms with E-state index >= 15 is 0 Å². The van der Waals surface area contributed by atoms with Crippen LogP contribution in [0, 0.1) is 6.92 Å². The molecule has 2 atom stereocenters. The van der Waals surface area contributed by atoms with Gasteiger partial charge in [-0.25, -0.2) is 0 Å². The predicted octanol–water partition coefficient (Wildman–Crippen LogP) is 3.31. The zero-order valence-electron chi connectivity index (χ0n) is 10.1. The van der Waals surface area contributed by atoms with Crippen LogP contribution in [0.2, 0.25) is 0 Å². The summed E-state index contributed by atoms with van der Waals surface area (Å²) in [4.78, 5) is 0. The molecule has 0 radical (unpaired) electrons. The highest BCUT2D eigenvalue weighted by molar-refractivity contribution is 8.00. The number of hydrogen-bond donors (Lipinski definition) is 1. The van der Waals surface area contributed by atoms with Crippen LogP contribution in [0.3, 0.4) is 0 Å². The molecule has 0 spiro atoms. The molecule has 0 bridgehead atoms. The highest BCUT2D eigenvalue weighted by Crippen LogP contribution is 2.30. The zero-order valence-corrected chi connectivity index (χ0v) is 10.9. The van der Waals surface area contributed by atoms with Crippen molar-refractivity contribution in [2.24, 2.45) is 0 Å². The van der Waals surface area contributed by atoms with Crippen molar-refractivity contribution < 1.29 is 4.74 Å². The van der Waals surface area contributed by atoms with Crippen molar-refractivity contribution in [2.45, 2.75) is 31.6 Å². The predicted molar refractivity (Wildman–Crippen MR) is 71.7 cm³/mol. The number of aryl methyl sites for hydroxylation is 1. The Balaban J connectivity index is 2.04. The van der Waals surface area contributed by atoms with Gasteiger partial charge in [-0.15, -0.1) is 0 Å². The molecule has 3 heteroatoms. The Kier molecular flexibility index (Phi) is 3.64. The molecule has 0 amide bonds. The standard InChI is InChI=1S/C13H19NOS/c1-9-6-12(15-3)4-5-13(9)14-11-7-10(2)16-8-11/h4-6,10-11,14H,7-8H2,1-3H3. The molecule has 1 N–H and O–H groups in total. The number of rotatable bonds is 3. The summed E-state index contributed by atoms with van der Waals surface area (Å²) in [7, 11) is 1.71. The number of methoxy groups -OCH3 is 1. The minimum atomic E-state index is 0.618. The van der Waals surface area contributed by atoms with Crippen molar-refractivity contribution in [3.8, 4) is 5.75 Å². The van der Waals surface area contributed by atoms with Gasteiger partial charge >= 0.3 is 0 Å². The second-order valence-corrected chi connectivity index (χ2v) is 5.87. The van der Waals surface area contributed by atoms with E-state index in [-0.39, 0.29) is 0 Å². The summed E-state index contributed by atoms with van der Waals surface area (Å²) >= 11 is 2.05. The average molecular weight is 237 g/mol. The van der Waals surface area contributed by atoms with E-state index in [0.717, 1.165) is 11.0 Å². The molecule has 2 unspecified atom stereocenters. The monoisotopic (exact) mass is 237 g/mol. The van der Waals surface area contributed by atoms with Crippen LogP contribution in [-0.4, -0.2) is 24.2 Å². The van der Waals surface area contributed by atoms with E-state index in [2.05, 4.69) is 43.1 Å². The van der Waals surface area contributed by atoms with Gasteiger partial charge in [-0.1, -0.05) is 6.92 Å². The lowest BCUT2D eigenvalue weighted by molar-refractivity contribution is 0.414. The summed E-state index contributed by atoms with van der Waals surface area (Å²) in [6.07, 6.45) is 1.26. The Morgan fingerprint density at radius 1 is 1.44 bits per heavy atom. The van der Waals surface area contributed by atoms with Gasteiger partial charge < -0.3 is 10.1 Å². The lowest BCUT2D eigenvalue weighted by Crippen LogP contribution is -2.19. The summed E-state index contributed by atoms with van der Waals surface area (Å²) in [5, 5.41) is 4.40. The Morgan fingerprint density at radius 2 is 2.25 bits per heavy atom. The van der Waals surface area contributed by atoms with Crippen molar-refractivity contribution in [3.05, 3.63) is 23.8 Å².